The quantitative estimate of drug-likeness (QED) is 0.527. The lowest BCUT2D eigenvalue weighted by Crippen LogP contribution is -1.84. The summed E-state index contributed by atoms with van der Waals surface area (Å²) in [4.78, 5) is 17.5. The Bertz CT molecular complexity index is 289. The summed E-state index contributed by atoms with van der Waals surface area (Å²) in [6.07, 6.45) is 3.61. The van der Waals surface area contributed by atoms with Crippen molar-refractivity contribution >= 4 is 17.4 Å². The molecule has 1 heterocycles. The van der Waals surface area contributed by atoms with E-state index in [1.165, 1.54) is 6.08 Å². The lowest BCUT2D eigenvalue weighted by Gasteiger charge is -1.87. The van der Waals surface area contributed by atoms with Crippen LogP contribution in [0.25, 0.3) is 0 Å². The molecule has 0 saturated heterocycles. The summed E-state index contributed by atoms with van der Waals surface area (Å²) in [6.45, 7) is 2.48. The zero-order chi connectivity index (χ0) is 8.81. The minimum Gasteiger partial charge on any atom is -0.244 e. The number of aryl methyl sites for hydroxylation is 1. The summed E-state index contributed by atoms with van der Waals surface area (Å²) < 4.78 is 0. The van der Waals surface area contributed by atoms with Gasteiger partial charge in [-0.25, -0.2) is 9.78 Å². The first kappa shape index (κ1) is 9.10. The first-order valence-electron chi connectivity index (χ1n) is 3.83. The van der Waals surface area contributed by atoms with Gasteiger partial charge in [-0.3, -0.25) is 0 Å². The van der Waals surface area contributed by atoms with Gasteiger partial charge in [-0.05, 0) is 12.8 Å². The van der Waals surface area contributed by atoms with Gasteiger partial charge in [0.25, 0.3) is 0 Å². The molecule has 0 unspecified atom stereocenters. The van der Waals surface area contributed by atoms with Crippen LogP contribution in [0.3, 0.4) is 0 Å². The van der Waals surface area contributed by atoms with Crippen LogP contribution in [0, 0.1) is 0 Å². The molecule has 0 saturated carbocycles. The molecule has 1 aromatic rings. The third kappa shape index (κ3) is 2.57. The summed E-state index contributed by atoms with van der Waals surface area (Å²) in [5.74, 6) is 0. The van der Waals surface area contributed by atoms with Crippen molar-refractivity contribution in [2.75, 3.05) is 0 Å². The molecular weight excluding hydrogens is 172 g/mol. The fraction of sp³-hybridized carbons (Fsp3) is 0.500. The van der Waals surface area contributed by atoms with E-state index in [1.807, 2.05) is 5.38 Å². The highest BCUT2D eigenvalue weighted by Crippen LogP contribution is 2.11. The van der Waals surface area contributed by atoms with Crippen LogP contribution in [0.5, 0.6) is 0 Å². The van der Waals surface area contributed by atoms with Gasteiger partial charge in [0.2, 0.25) is 6.08 Å². The van der Waals surface area contributed by atoms with Crippen LogP contribution in [0.4, 0.5) is 0 Å². The van der Waals surface area contributed by atoms with Crippen molar-refractivity contribution in [2.24, 2.45) is 4.99 Å². The Morgan fingerprint density at radius 2 is 2.58 bits per heavy atom. The summed E-state index contributed by atoms with van der Waals surface area (Å²) in [5.41, 5.74) is 0.867. The minimum absolute atomic E-state index is 0.365. The van der Waals surface area contributed by atoms with Gasteiger partial charge in [0.1, 0.15) is 0 Å². The largest absolute Gasteiger partial charge is 0.244 e. The van der Waals surface area contributed by atoms with Gasteiger partial charge in [0, 0.05) is 5.38 Å². The molecule has 4 heteroatoms. The van der Waals surface area contributed by atoms with Gasteiger partial charge in [0.05, 0.1) is 17.2 Å². The highest BCUT2D eigenvalue weighted by atomic mass is 32.1. The molecule has 12 heavy (non-hydrogen) atoms. The monoisotopic (exact) mass is 182 g/mol. The van der Waals surface area contributed by atoms with E-state index < -0.39 is 0 Å². The Kier molecular flexibility index (Phi) is 3.64. The van der Waals surface area contributed by atoms with E-state index in [0.29, 0.717) is 6.54 Å². The Balaban J connectivity index is 2.57. The number of thiazole rings is 1. The van der Waals surface area contributed by atoms with E-state index in [2.05, 4.69) is 16.9 Å². The van der Waals surface area contributed by atoms with Crippen molar-refractivity contribution in [3.63, 3.8) is 0 Å². The number of aromatic nitrogens is 1. The van der Waals surface area contributed by atoms with Crippen LogP contribution < -0.4 is 0 Å². The van der Waals surface area contributed by atoms with Crippen molar-refractivity contribution in [3.05, 3.63) is 16.1 Å². The second-order valence-corrected chi connectivity index (χ2v) is 3.33. The number of hydrogen-bond acceptors (Lipinski definition) is 4. The van der Waals surface area contributed by atoms with Crippen molar-refractivity contribution in [1.82, 2.24) is 4.98 Å². The van der Waals surface area contributed by atoms with E-state index >= 15 is 0 Å². The zero-order valence-electron chi connectivity index (χ0n) is 6.91. The van der Waals surface area contributed by atoms with Crippen LogP contribution >= 0.6 is 11.3 Å². The predicted octanol–water partition coefficient (Wildman–Crippen LogP) is 1.93. The van der Waals surface area contributed by atoms with Crippen molar-refractivity contribution in [1.29, 1.82) is 0 Å². The van der Waals surface area contributed by atoms with Crippen LogP contribution in [0.1, 0.15) is 24.0 Å². The SMILES string of the molecule is CCCc1nc(CN=C=O)cs1. The average molecular weight is 182 g/mol. The first-order chi connectivity index (χ1) is 5.86. The Labute approximate surface area is 75.2 Å². The zero-order valence-corrected chi connectivity index (χ0v) is 7.73. The van der Waals surface area contributed by atoms with Crippen molar-refractivity contribution < 1.29 is 4.79 Å². The van der Waals surface area contributed by atoms with Gasteiger partial charge >= 0.3 is 0 Å². The summed E-state index contributed by atoms with van der Waals surface area (Å²) in [6, 6.07) is 0. The maximum atomic E-state index is 9.79. The molecule has 0 aliphatic heterocycles. The Morgan fingerprint density at radius 3 is 3.25 bits per heavy atom. The molecule has 0 N–H and O–H groups in total. The third-order valence-corrected chi connectivity index (χ3v) is 2.33. The molecule has 0 amide bonds. The molecule has 0 aliphatic carbocycles. The van der Waals surface area contributed by atoms with E-state index in [-0.39, 0.29) is 0 Å². The summed E-state index contributed by atoms with van der Waals surface area (Å²) in [7, 11) is 0. The van der Waals surface area contributed by atoms with Crippen LogP contribution in [0.2, 0.25) is 0 Å². The van der Waals surface area contributed by atoms with E-state index in [4.69, 9.17) is 0 Å². The second kappa shape index (κ2) is 4.80. The molecule has 0 atom stereocenters. The number of rotatable bonds is 4. The molecule has 0 aromatic carbocycles. The molecule has 3 nitrogen and oxygen atoms in total. The number of hydrogen-bond donors (Lipinski definition) is 0. The standard InChI is InChI=1S/C8H10N2OS/c1-2-3-8-10-7(5-12-8)4-9-6-11/h5H,2-4H2,1H3. The lowest BCUT2D eigenvalue weighted by molar-refractivity contribution is 0.562. The van der Waals surface area contributed by atoms with Crippen LogP contribution in [-0.4, -0.2) is 11.1 Å². The maximum absolute atomic E-state index is 9.79. The van der Waals surface area contributed by atoms with E-state index in [9.17, 15) is 4.79 Å². The highest BCUT2D eigenvalue weighted by Gasteiger charge is 1.99. The lowest BCUT2D eigenvalue weighted by atomic mass is 10.3. The van der Waals surface area contributed by atoms with Crippen molar-refractivity contribution in [3.8, 4) is 0 Å². The maximum Gasteiger partial charge on any atom is 0.235 e. The molecule has 0 aliphatic rings. The van der Waals surface area contributed by atoms with Gasteiger partial charge in [0.15, 0.2) is 0 Å². The molecule has 0 bridgehead atoms. The molecule has 1 aromatic heterocycles. The molecule has 0 radical (unpaired) electrons. The second-order valence-electron chi connectivity index (χ2n) is 2.39. The van der Waals surface area contributed by atoms with E-state index in [1.54, 1.807) is 11.3 Å². The summed E-state index contributed by atoms with van der Waals surface area (Å²) in [5, 5.41) is 3.06. The van der Waals surface area contributed by atoms with Gasteiger partial charge < -0.3 is 0 Å². The number of isocyanates is 1. The van der Waals surface area contributed by atoms with Gasteiger partial charge in [-0.2, -0.15) is 4.99 Å². The Hall–Kier alpha value is -0.990. The molecule has 0 spiro atoms. The highest BCUT2D eigenvalue weighted by molar-refractivity contribution is 7.09. The third-order valence-electron chi connectivity index (χ3n) is 1.37. The molecule has 0 fully saturated rings. The van der Waals surface area contributed by atoms with Gasteiger partial charge in [-0.1, -0.05) is 6.92 Å². The Morgan fingerprint density at radius 1 is 1.75 bits per heavy atom. The van der Waals surface area contributed by atoms with E-state index in [0.717, 1.165) is 23.5 Å². The van der Waals surface area contributed by atoms with Crippen LogP contribution in [-0.2, 0) is 17.8 Å². The predicted molar refractivity (Wildman–Crippen MR) is 47.9 cm³/mol. The smallest absolute Gasteiger partial charge is 0.235 e. The normalized spacial score (nSPS) is 9.42. The number of carbonyl (C=O) groups excluding carboxylic acids is 1. The minimum atomic E-state index is 0.365. The topological polar surface area (TPSA) is 42.3 Å². The number of aliphatic imine (C=N–C) groups is 1. The summed E-state index contributed by atoms with van der Waals surface area (Å²) >= 11 is 1.62. The molecular formula is C8H10N2OS. The van der Waals surface area contributed by atoms with Crippen molar-refractivity contribution in [2.45, 2.75) is 26.3 Å². The molecule has 64 valence electrons. The number of nitrogens with zero attached hydrogens (tertiary/aromatic N) is 2. The van der Waals surface area contributed by atoms with Gasteiger partial charge in [-0.15, -0.1) is 11.3 Å². The average Bonchev–Trinajstić information content (AvgIpc) is 2.50. The van der Waals surface area contributed by atoms with Crippen LogP contribution in [0.15, 0.2) is 10.4 Å². The fourth-order valence-electron chi connectivity index (χ4n) is 0.864. The first-order valence-corrected chi connectivity index (χ1v) is 4.71. The fourth-order valence-corrected chi connectivity index (χ4v) is 1.75. The molecule has 1 rings (SSSR count).